The molecule has 1 atom stereocenters. The molecule has 28 heavy (non-hydrogen) atoms. The Morgan fingerprint density at radius 3 is 1.61 bits per heavy atom. The van der Waals surface area contributed by atoms with Crippen molar-refractivity contribution in [2.45, 2.75) is 90.4 Å². The Bertz CT molecular complexity index is 550. The lowest BCUT2D eigenvalue weighted by Crippen LogP contribution is -2.63. The zero-order valence-electron chi connectivity index (χ0n) is 20.3. The van der Waals surface area contributed by atoms with Crippen LogP contribution in [0.2, 0.25) is 77.1 Å². The molecule has 0 bridgehead atoms. The van der Waals surface area contributed by atoms with Crippen LogP contribution in [-0.4, -0.2) is 59.0 Å². The summed E-state index contributed by atoms with van der Waals surface area (Å²) in [5, 5.41) is 9.13. The van der Waals surface area contributed by atoms with Crippen LogP contribution >= 0.6 is 0 Å². The Balaban J connectivity index is 6.54. The number of aliphatic carboxylic acids is 1. The second-order valence-electron chi connectivity index (χ2n) is 10.6. The van der Waals surface area contributed by atoms with Crippen LogP contribution in [0, 0.1) is 0 Å². The third-order valence-electron chi connectivity index (χ3n) is 5.39. The van der Waals surface area contributed by atoms with Gasteiger partial charge in [0.2, 0.25) is 0 Å². The van der Waals surface area contributed by atoms with Gasteiger partial charge in [0, 0.05) is 12.2 Å². The molecule has 0 aromatic rings. The van der Waals surface area contributed by atoms with Gasteiger partial charge in [-0.2, -0.15) is 0 Å². The first kappa shape index (κ1) is 28.2. The molecule has 0 rings (SSSR count). The molecular weight excluding hydrogens is 437 g/mol. The van der Waals surface area contributed by atoms with Gasteiger partial charge in [0.15, 0.2) is 24.5 Å². The molecule has 1 unspecified atom stereocenters. The fraction of sp³-hybridized carbons (Fsp3) is 0.833. The van der Waals surface area contributed by atoms with E-state index in [9.17, 15) is 9.90 Å². The average Bonchev–Trinajstić information content (AvgIpc) is 2.43. The van der Waals surface area contributed by atoms with Crippen LogP contribution in [0.1, 0.15) is 13.3 Å². The summed E-state index contributed by atoms with van der Waals surface area (Å²) in [4.78, 5) is 12.1. The highest BCUT2D eigenvalue weighted by atomic mass is 29.2. The maximum Gasteiger partial charge on any atom is 0.331 e. The van der Waals surface area contributed by atoms with Crippen LogP contribution < -0.4 is 0 Å². The molecule has 0 aliphatic heterocycles. The van der Waals surface area contributed by atoms with E-state index in [-0.39, 0.29) is 5.57 Å². The van der Waals surface area contributed by atoms with E-state index in [1.165, 1.54) is 0 Å². The van der Waals surface area contributed by atoms with Gasteiger partial charge in [0.1, 0.15) is 0 Å². The number of carboxylic acids is 1. The minimum absolute atomic E-state index is 0.177. The van der Waals surface area contributed by atoms with Gasteiger partial charge in [-0.05, 0) is 65.3 Å². The van der Waals surface area contributed by atoms with E-state index in [1.807, 2.05) is 13.5 Å². The highest BCUT2D eigenvalue weighted by Gasteiger charge is 2.60. The van der Waals surface area contributed by atoms with Gasteiger partial charge in [0.25, 0.3) is 0 Å². The molecule has 5 nitrogen and oxygen atoms in total. The van der Waals surface area contributed by atoms with E-state index in [4.69, 9.17) is 12.7 Å². The lowest BCUT2D eigenvalue weighted by Gasteiger charge is -2.51. The van der Waals surface area contributed by atoms with Gasteiger partial charge in [-0.1, -0.05) is 26.6 Å². The molecule has 0 amide bonds. The third kappa shape index (κ3) is 7.45. The summed E-state index contributed by atoms with van der Waals surface area (Å²) in [6.07, 6.45) is 0.583. The van der Waals surface area contributed by atoms with Crippen molar-refractivity contribution in [3.05, 3.63) is 12.2 Å². The number of hydrogen-bond acceptors (Lipinski definition) is 4. The fourth-order valence-electron chi connectivity index (χ4n) is 3.19. The normalized spacial score (nSPS) is 16.2. The van der Waals surface area contributed by atoms with Crippen molar-refractivity contribution in [3.8, 4) is 0 Å². The van der Waals surface area contributed by atoms with Gasteiger partial charge in [0.05, 0.1) is 13.4 Å². The van der Waals surface area contributed by atoms with E-state index in [0.717, 1.165) is 0 Å². The van der Waals surface area contributed by atoms with Crippen molar-refractivity contribution in [2.75, 3.05) is 6.61 Å². The summed E-state index contributed by atoms with van der Waals surface area (Å²) in [5.74, 6) is -0.983. The Morgan fingerprint density at radius 2 is 1.36 bits per heavy atom. The van der Waals surface area contributed by atoms with Gasteiger partial charge < -0.3 is 17.8 Å². The molecular formula is C18H44O5Si5. The van der Waals surface area contributed by atoms with Crippen LogP contribution in [0.15, 0.2) is 12.2 Å². The molecule has 0 heterocycles. The van der Waals surface area contributed by atoms with Crippen molar-refractivity contribution in [2.24, 2.45) is 0 Å². The molecule has 10 heteroatoms. The van der Waals surface area contributed by atoms with E-state index < -0.39 is 52.4 Å². The lowest BCUT2D eigenvalue weighted by atomic mass is 9.97. The van der Waals surface area contributed by atoms with Gasteiger partial charge in [-0.3, -0.25) is 0 Å². The highest BCUT2D eigenvalue weighted by molar-refractivity contribution is 7.28. The second kappa shape index (κ2) is 9.54. The minimum Gasteiger partial charge on any atom is -0.478 e. The molecule has 0 radical (unpaired) electrons. The maximum absolute atomic E-state index is 12.1. The van der Waals surface area contributed by atoms with E-state index in [2.05, 4.69) is 72.0 Å². The molecule has 0 aromatic carbocycles. The summed E-state index contributed by atoms with van der Waals surface area (Å²) in [6.45, 7) is 30.3. The average molecular weight is 481 g/mol. The standard InChI is InChI=1S/C18H44O5Si5/c1-14-18(16(2)17(19)20,15-21-27(11,12)24(3)4)28(13,22-25(5,6)7)23-26(8,9)10/h24H,2,14-15H2,1,3-13H3,(H,19,20). The second-order valence-corrected chi connectivity index (χ2v) is 37.0. The largest absolute Gasteiger partial charge is 0.478 e. The highest BCUT2D eigenvalue weighted by Crippen LogP contribution is 2.51. The first-order valence-electron chi connectivity index (χ1n) is 10.2. The molecule has 0 aromatic heterocycles. The number of hydrogen-bond donors (Lipinski definition) is 1. The van der Waals surface area contributed by atoms with Gasteiger partial charge in [-0.15, -0.1) is 0 Å². The SMILES string of the molecule is C=C(C(=O)O)C(CC)(CO[Si](C)(C)[SiH](C)C)[Si](C)(O[Si](C)(C)C)O[Si](C)(C)C. The van der Waals surface area contributed by atoms with Gasteiger partial charge >= 0.3 is 14.5 Å². The minimum atomic E-state index is -3.00. The molecule has 166 valence electrons. The van der Waals surface area contributed by atoms with Crippen LogP contribution in [0.4, 0.5) is 0 Å². The quantitative estimate of drug-likeness (QED) is 0.302. The summed E-state index contributed by atoms with van der Waals surface area (Å²) < 4.78 is 20.1. The van der Waals surface area contributed by atoms with E-state index >= 15 is 0 Å². The predicted octanol–water partition coefficient (Wildman–Crippen LogP) is 5.34. The molecule has 0 fully saturated rings. The van der Waals surface area contributed by atoms with E-state index in [1.54, 1.807) is 0 Å². The predicted molar refractivity (Wildman–Crippen MR) is 133 cm³/mol. The summed E-state index contributed by atoms with van der Waals surface area (Å²) in [5.41, 5.74) is 0.177. The number of rotatable bonds is 12. The molecule has 0 aliphatic carbocycles. The Labute approximate surface area is 178 Å². The number of carbonyl (C=O) groups is 1. The molecule has 0 saturated heterocycles. The van der Waals surface area contributed by atoms with Crippen molar-refractivity contribution < 1.29 is 22.6 Å². The number of carboxylic acid groups (broad SMARTS) is 1. The van der Waals surface area contributed by atoms with Crippen LogP contribution in [0.5, 0.6) is 0 Å². The zero-order valence-corrected chi connectivity index (χ0v) is 25.4. The smallest absolute Gasteiger partial charge is 0.331 e. The van der Waals surface area contributed by atoms with Crippen molar-refractivity contribution in [1.29, 1.82) is 0 Å². The van der Waals surface area contributed by atoms with Crippen molar-refractivity contribution in [1.82, 2.24) is 0 Å². The lowest BCUT2D eigenvalue weighted by molar-refractivity contribution is -0.133. The first-order valence-corrected chi connectivity index (χ1v) is 26.4. The van der Waals surface area contributed by atoms with Gasteiger partial charge in [-0.25, -0.2) is 4.79 Å². The Morgan fingerprint density at radius 1 is 0.964 bits per heavy atom. The Kier molecular flexibility index (Phi) is 9.60. The van der Waals surface area contributed by atoms with Crippen molar-refractivity contribution in [3.63, 3.8) is 0 Å². The van der Waals surface area contributed by atoms with Crippen molar-refractivity contribution >= 4 is 47.3 Å². The summed E-state index contributed by atoms with van der Waals surface area (Å²) in [7, 11) is -9.85. The summed E-state index contributed by atoms with van der Waals surface area (Å²) >= 11 is 0. The topological polar surface area (TPSA) is 65.0 Å². The van der Waals surface area contributed by atoms with Crippen LogP contribution in [-0.2, 0) is 17.5 Å². The zero-order chi connectivity index (χ0) is 22.8. The fourth-order valence-corrected chi connectivity index (χ4v) is 18.6. The molecule has 0 spiro atoms. The van der Waals surface area contributed by atoms with Crippen LogP contribution in [0.3, 0.4) is 0 Å². The van der Waals surface area contributed by atoms with E-state index in [0.29, 0.717) is 13.0 Å². The first-order chi connectivity index (χ1) is 12.2. The monoisotopic (exact) mass is 480 g/mol. The van der Waals surface area contributed by atoms with Crippen LogP contribution in [0.25, 0.3) is 0 Å². The third-order valence-corrected chi connectivity index (χ3v) is 28.5. The molecule has 0 saturated carbocycles. The summed E-state index contributed by atoms with van der Waals surface area (Å²) in [6, 6.07) is 0. The Hall–Kier alpha value is 0.174. The molecule has 1 N–H and O–H groups in total. The maximum atomic E-state index is 12.1. The molecule has 0 aliphatic rings.